The van der Waals surface area contributed by atoms with E-state index in [1.165, 1.54) is 0 Å². The molecule has 0 aliphatic rings. The number of hydrogen-bond acceptors (Lipinski definition) is 5. The van der Waals surface area contributed by atoms with Gasteiger partial charge in [-0.2, -0.15) is 17.6 Å². The Kier molecular flexibility index (Phi) is 7.37. The first kappa shape index (κ1) is 21.1. The van der Waals surface area contributed by atoms with Crippen molar-refractivity contribution in [1.82, 2.24) is 4.39 Å². The van der Waals surface area contributed by atoms with E-state index in [-0.39, 0.29) is 24.7 Å². The van der Waals surface area contributed by atoms with E-state index in [0.29, 0.717) is 12.1 Å². The summed E-state index contributed by atoms with van der Waals surface area (Å²) in [5.74, 6) is 0. The van der Waals surface area contributed by atoms with Crippen molar-refractivity contribution in [3.8, 4) is 0 Å². The molecule has 0 fully saturated rings. The van der Waals surface area contributed by atoms with E-state index in [0.717, 1.165) is 12.1 Å². The first-order chi connectivity index (χ1) is 11.1. The molecule has 1 rings (SSSR count). The normalized spacial score (nSPS) is 13.2. The van der Waals surface area contributed by atoms with Crippen molar-refractivity contribution in [3.05, 3.63) is 29.8 Å². The second-order valence-corrected chi connectivity index (χ2v) is 8.76. The van der Waals surface area contributed by atoms with Crippen LogP contribution in [0.3, 0.4) is 0 Å². The van der Waals surface area contributed by atoms with Crippen molar-refractivity contribution in [3.63, 3.8) is 0 Å². The van der Waals surface area contributed by atoms with Crippen LogP contribution in [0.5, 0.6) is 0 Å². The lowest BCUT2D eigenvalue weighted by molar-refractivity contribution is -0.137. The highest BCUT2D eigenvalue weighted by molar-refractivity contribution is 7.90. The van der Waals surface area contributed by atoms with Crippen LogP contribution in [0, 0.1) is 0 Å². The second kappa shape index (κ2) is 8.40. The molecule has 0 aliphatic heterocycles. The Labute approximate surface area is 140 Å². The molecule has 24 heavy (non-hydrogen) atoms. The lowest BCUT2D eigenvalue weighted by Crippen LogP contribution is -2.60. The van der Waals surface area contributed by atoms with Gasteiger partial charge in [0.05, 0.1) is 10.5 Å². The Morgan fingerprint density at radius 1 is 0.958 bits per heavy atom. The van der Waals surface area contributed by atoms with Gasteiger partial charge in [-0.05, 0) is 45.0 Å². The molecule has 138 valence electrons. The fraction of sp³-hybridized carbons (Fsp3) is 0.538. The molecule has 0 heterocycles. The topological polar surface area (TPSA) is 73.9 Å². The Morgan fingerprint density at radius 3 is 1.71 bits per heavy atom. The van der Waals surface area contributed by atoms with Crippen LogP contribution in [0.4, 0.5) is 13.2 Å². The van der Waals surface area contributed by atoms with Crippen molar-refractivity contribution in [2.24, 2.45) is 0 Å². The maximum Gasteiger partial charge on any atom is 0.611 e. The summed E-state index contributed by atoms with van der Waals surface area (Å²) in [7, 11) is -7.90. The average Bonchev–Trinajstić information content (AvgIpc) is 2.47. The Balaban J connectivity index is 3.12. The first-order valence-electron chi connectivity index (χ1n) is 7.23. The van der Waals surface area contributed by atoms with Gasteiger partial charge >= 0.3 is 15.1 Å². The SMILES string of the molecule is CCO[Si](NS(=O)(=O)c1ccc(C(F)(F)F)cc1)(OCC)OCC. The Bertz CT molecular complexity index is 604. The van der Waals surface area contributed by atoms with Gasteiger partial charge in [-0.3, -0.25) is 0 Å². The predicted octanol–water partition coefficient (Wildman–Crippen LogP) is 2.53. The van der Waals surface area contributed by atoms with E-state index < -0.39 is 30.7 Å². The van der Waals surface area contributed by atoms with Gasteiger partial charge < -0.3 is 13.3 Å². The lowest BCUT2D eigenvalue weighted by Gasteiger charge is -2.27. The van der Waals surface area contributed by atoms with Gasteiger partial charge in [0.2, 0.25) is 10.0 Å². The molecule has 0 saturated carbocycles. The first-order valence-corrected chi connectivity index (χ1v) is 10.4. The third kappa shape index (κ3) is 5.53. The van der Waals surface area contributed by atoms with Gasteiger partial charge in [-0.25, -0.2) is 8.42 Å². The largest absolute Gasteiger partial charge is 0.611 e. The van der Waals surface area contributed by atoms with Crippen LogP contribution in [0.15, 0.2) is 29.2 Å². The minimum Gasteiger partial charge on any atom is -0.361 e. The summed E-state index contributed by atoms with van der Waals surface area (Å²) in [6, 6.07) is 3.13. The fourth-order valence-corrected chi connectivity index (χ4v) is 6.21. The third-order valence-electron chi connectivity index (χ3n) is 2.75. The number of alkyl halides is 3. The molecule has 0 atom stereocenters. The number of hydrogen-bond donors (Lipinski definition) is 1. The highest BCUT2D eigenvalue weighted by Gasteiger charge is 2.46. The summed E-state index contributed by atoms with van der Waals surface area (Å²) in [5.41, 5.74) is -0.940. The summed E-state index contributed by atoms with van der Waals surface area (Å²) in [5, 5.41) is 0. The van der Waals surface area contributed by atoms with E-state index in [1.807, 2.05) is 0 Å². The molecule has 0 aliphatic carbocycles. The number of sulfonamides is 1. The zero-order valence-corrected chi connectivity index (χ0v) is 15.3. The quantitative estimate of drug-likeness (QED) is 0.659. The van der Waals surface area contributed by atoms with Crippen molar-refractivity contribution in [2.75, 3.05) is 19.8 Å². The van der Waals surface area contributed by atoms with E-state index in [4.69, 9.17) is 13.3 Å². The summed E-state index contributed by atoms with van der Waals surface area (Å²) < 4.78 is 80.9. The van der Waals surface area contributed by atoms with Crippen LogP contribution in [0.2, 0.25) is 0 Å². The Hall–Kier alpha value is -0.983. The predicted molar refractivity (Wildman–Crippen MR) is 82.4 cm³/mol. The second-order valence-electron chi connectivity index (χ2n) is 4.48. The number of nitrogens with one attached hydrogen (secondary N) is 1. The minimum absolute atomic E-state index is 0.141. The smallest absolute Gasteiger partial charge is 0.361 e. The third-order valence-corrected chi connectivity index (χ3v) is 7.73. The lowest BCUT2D eigenvalue weighted by atomic mass is 10.2. The maximum atomic E-state index is 12.6. The van der Waals surface area contributed by atoms with E-state index in [9.17, 15) is 21.6 Å². The van der Waals surface area contributed by atoms with Crippen LogP contribution >= 0.6 is 0 Å². The molecular formula is C13H20F3NO5SSi. The van der Waals surface area contributed by atoms with E-state index in [2.05, 4.69) is 4.39 Å². The van der Waals surface area contributed by atoms with E-state index in [1.54, 1.807) is 20.8 Å². The van der Waals surface area contributed by atoms with Gasteiger partial charge in [0.25, 0.3) is 0 Å². The minimum atomic E-state index is -4.55. The van der Waals surface area contributed by atoms with Crippen LogP contribution in [-0.4, -0.2) is 37.2 Å². The fourth-order valence-electron chi connectivity index (χ4n) is 1.83. The molecule has 0 aromatic heterocycles. The van der Waals surface area contributed by atoms with Crippen molar-refractivity contribution >= 4 is 19.0 Å². The average molecular weight is 387 g/mol. The summed E-state index contributed by atoms with van der Waals surface area (Å²) in [6.07, 6.45) is -4.55. The van der Waals surface area contributed by atoms with E-state index >= 15 is 0 Å². The Morgan fingerprint density at radius 2 is 1.38 bits per heavy atom. The maximum absolute atomic E-state index is 12.6. The number of benzene rings is 1. The molecule has 0 amide bonds. The molecule has 1 aromatic carbocycles. The van der Waals surface area contributed by atoms with Crippen molar-refractivity contribution in [1.29, 1.82) is 0 Å². The molecular weight excluding hydrogens is 367 g/mol. The van der Waals surface area contributed by atoms with Crippen LogP contribution in [-0.2, 0) is 29.5 Å². The van der Waals surface area contributed by atoms with Crippen molar-refractivity contribution in [2.45, 2.75) is 31.8 Å². The summed E-state index contributed by atoms with van der Waals surface area (Å²) in [4.78, 5) is -0.341. The van der Waals surface area contributed by atoms with Gasteiger partial charge in [-0.15, -0.1) is 0 Å². The van der Waals surface area contributed by atoms with Crippen LogP contribution < -0.4 is 4.39 Å². The van der Waals surface area contributed by atoms with Gasteiger partial charge in [-0.1, -0.05) is 0 Å². The van der Waals surface area contributed by atoms with Gasteiger partial charge in [0.1, 0.15) is 0 Å². The molecule has 0 radical (unpaired) electrons. The number of halogens is 3. The highest BCUT2D eigenvalue weighted by atomic mass is 32.2. The molecule has 6 nitrogen and oxygen atoms in total. The highest BCUT2D eigenvalue weighted by Crippen LogP contribution is 2.29. The van der Waals surface area contributed by atoms with Crippen LogP contribution in [0.25, 0.3) is 0 Å². The number of rotatable bonds is 9. The summed E-state index contributed by atoms with van der Waals surface area (Å²) >= 11 is 0. The molecule has 0 unspecified atom stereocenters. The molecule has 0 saturated heterocycles. The summed E-state index contributed by atoms with van der Waals surface area (Å²) in [6.45, 7) is 5.36. The monoisotopic (exact) mass is 387 g/mol. The van der Waals surface area contributed by atoms with Gasteiger partial charge in [0.15, 0.2) is 0 Å². The molecule has 1 aromatic rings. The van der Waals surface area contributed by atoms with Crippen LogP contribution in [0.1, 0.15) is 26.3 Å². The zero-order chi connectivity index (χ0) is 18.4. The molecule has 0 spiro atoms. The molecule has 1 N–H and O–H groups in total. The van der Waals surface area contributed by atoms with Crippen molar-refractivity contribution < 1.29 is 34.9 Å². The zero-order valence-electron chi connectivity index (χ0n) is 13.5. The van der Waals surface area contributed by atoms with Gasteiger partial charge in [0, 0.05) is 19.8 Å². The standard InChI is InChI=1S/C13H20F3NO5SSi/c1-4-20-24(21-5-2,22-6-3)17-23(18,19)12-9-7-11(8-10-12)13(14,15)16/h7-10,17H,4-6H2,1-3H3. The molecule has 0 bridgehead atoms. The molecule has 11 heteroatoms.